The van der Waals surface area contributed by atoms with E-state index in [1.807, 2.05) is 52.0 Å². The van der Waals surface area contributed by atoms with Crippen LogP contribution in [0.5, 0.6) is 0 Å². The van der Waals surface area contributed by atoms with Crippen molar-refractivity contribution < 1.29 is 38.8 Å². The summed E-state index contributed by atoms with van der Waals surface area (Å²) in [5, 5.41) is 12.9. The molecule has 2 aromatic heterocycles. The molecule has 3 nitrogen and oxygen atoms in total. The van der Waals surface area contributed by atoms with Gasteiger partial charge in [-0.2, -0.15) is 0 Å². The fourth-order valence-electron chi connectivity index (χ4n) is 5.22. The second-order valence-corrected chi connectivity index (χ2v) is 12.9. The Kier molecular flexibility index (Phi) is 14.1. The van der Waals surface area contributed by atoms with Crippen LogP contribution in [-0.4, -0.2) is 22.3 Å². The van der Waals surface area contributed by atoms with Gasteiger partial charge in [0.05, 0.1) is 5.76 Å². The third-order valence-corrected chi connectivity index (χ3v) is 8.94. The standard InChI is InChI=1S/C23H20F2NS.C13H24O2.Ir/c1-23(2,3)19-12-16(10-14-6-4-5-7-18(14)19)21-22-15(8-9-26-21)11-17(27-22)13-20(24)25;1-5-10(6-2)12(14)9-13(15)11(7-3)8-4;/h4-9,11-12,20H,13H2,1-3H3;9-11,14H,5-8H2,1-4H3;/q-1;;/b;12-9-;. The summed E-state index contributed by atoms with van der Waals surface area (Å²) in [5.74, 6) is 0.547. The molecule has 235 valence electrons. The number of fused-ring (bicyclic) bond motifs is 2. The topological polar surface area (TPSA) is 50.2 Å². The van der Waals surface area contributed by atoms with Crippen LogP contribution >= 0.6 is 11.3 Å². The number of nitrogens with zero attached hydrogens (tertiary/aromatic N) is 1. The zero-order valence-electron chi connectivity index (χ0n) is 26.3. The fourth-order valence-corrected chi connectivity index (χ4v) is 6.38. The van der Waals surface area contributed by atoms with Crippen LogP contribution in [0.25, 0.3) is 32.1 Å². The molecule has 0 spiro atoms. The number of hydrogen-bond acceptors (Lipinski definition) is 4. The van der Waals surface area contributed by atoms with Crippen molar-refractivity contribution in [1.82, 2.24) is 4.98 Å². The Morgan fingerprint density at radius 3 is 2.21 bits per heavy atom. The molecule has 0 bridgehead atoms. The molecule has 0 aliphatic rings. The number of hydrogen-bond donors (Lipinski definition) is 1. The van der Waals surface area contributed by atoms with Crippen molar-refractivity contribution in [2.45, 2.75) is 92.4 Å². The first kappa shape index (κ1) is 36.7. The number of aromatic nitrogens is 1. The van der Waals surface area contributed by atoms with E-state index < -0.39 is 6.43 Å². The molecule has 2 aromatic carbocycles. The largest absolute Gasteiger partial charge is 0.512 e. The van der Waals surface area contributed by atoms with Crippen LogP contribution in [-0.2, 0) is 36.7 Å². The van der Waals surface area contributed by atoms with Crippen molar-refractivity contribution in [2.24, 2.45) is 11.8 Å². The van der Waals surface area contributed by atoms with E-state index in [-0.39, 0.29) is 55.3 Å². The summed E-state index contributed by atoms with van der Waals surface area (Å²) in [6, 6.07) is 17.6. The number of ketones is 1. The maximum atomic E-state index is 12.8. The van der Waals surface area contributed by atoms with Gasteiger partial charge in [-0.25, -0.2) is 8.78 Å². The van der Waals surface area contributed by atoms with E-state index in [1.54, 1.807) is 6.20 Å². The number of benzene rings is 2. The number of aliphatic hydroxyl groups excluding tert-OH is 1. The van der Waals surface area contributed by atoms with Gasteiger partial charge in [0.15, 0.2) is 5.78 Å². The van der Waals surface area contributed by atoms with Crippen LogP contribution in [0.4, 0.5) is 8.78 Å². The summed E-state index contributed by atoms with van der Waals surface area (Å²) < 4.78 is 26.6. The van der Waals surface area contributed by atoms with E-state index in [2.05, 4.69) is 50.0 Å². The SMILES string of the molecule is CC(C)(C)c1cc(-c2nccc3cc(CC(F)F)sc23)[c-]c2ccccc12.CCC(CC)C(=O)/C=C(\O)C(CC)CC.[Ir]. The van der Waals surface area contributed by atoms with Gasteiger partial charge >= 0.3 is 0 Å². The van der Waals surface area contributed by atoms with Crippen molar-refractivity contribution in [3.05, 3.63) is 77.0 Å². The first-order chi connectivity index (χ1) is 19.9. The first-order valence-corrected chi connectivity index (χ1v) is 15.8. The second kappa shape index (κ2) is 16.6. The molecule has 4 aromatic rings. The van der Waals surface area contributed by atoms with Crippen molar-refractivity contribution in [2.75, 3.05) is 0 Å². The number of allylic oxidation sites excluding steroid dienone is 2. The Bertz CT molecular complexity index is 1520. The monoisotopic (exact) mass is 785 g/mol. The number of carbonyl (C=O) groups excluding carboxylic acids is 1. The van der Waals surface area contributed by atoms with Gasteiger partial charge in [-0.15, -0.1) is 40.5 Å². The summed E-state index contributed by atoms with van der Waals surface area (Å²) >= 11 is 1.40. The molecule has 0 unspecified atom stereocenters. The Morgan fingerprint density at radius 1 is 1.00 bits per heavy atom. The number of aliphatic hydroxyl groups is 1. The molecule has 2 heterocycles. The van der Waals surface area contributed by atoms with Crippen LogP contribution in [0.15, 0.2) is 60.5 Å². The third-order valence-electron chi connectivity index (χ3n) is 7.76. The number of pyridine rings is 1. The van der Waals surface area contributed by atoms with Gasteiger partial charge < -0.3 is 5.11 Å². The van der Waals surface area contributed by atoms with Crippen molar-refractivity contribution >= 4 is 38.0 Å². The molecule has 0 atom stereocenters. The van der Waals surface area contributed by atoms with E-state index in [0.29, 0.717) is 4.88 Å². The van der Waals surface area contributed by atoms with E-state index >= 15 is 0 Å². The first-order valence-electron chi connectivity index (χ1n) is 15.0. The second-order valence-electron chi connectivity index (χ2n) is 11.8. The third kappa shape index (κ3) is 9.51. The van der Waals surface area contributed by atoms with Gasteiger partial charge in [0, 0.05) is 65.9 Å². The molecule has 0 aliphatic heterocycles. The molecule has 1 radical (unpaired) electrons. The number of halogens is 2. The fraction of sp³-hybridized carbons (Fsp3) is 0.444. The molecular weight excluding hydrogens is 741 g/mol. The zero-order chi connectivity index (χ0) is 31.0. The average molecular weight is 785 g/mol. The van der Waals surface area contributed by atoms with Crippen LogP contribution in [0.2, 0.25) is 0 Å². The van der Waals surface area contributed by atoms with Gasteiger partial charge in [-0.05, 0) is 48.6 Å². The number of rotatable bonds is 10. The summed E-state index contributed by atoms with van der Waals surface area (Å²) in [7, 11) is 0. The van der Waals surface area contributed by atoms with Gasteiger partial charge in [-0.3, -0.25) is 9.78 Å². The number of thiophene rings is 1. The molecule has 0 aliphatic carbocycles. The molecule has 0 saturated carbocycles. The molecule has 1 N–H and O–H groups in total. The minimum Gasteiger partial charge on any atom is -0.512 e. The van der Waals surface area contributed by atoms with Crippen molar-refractivity contribution in [1.29, 1.82) is 0 Å². The van der Waals surface area contributed by atoms with Gasteiger partial charge in [0.2, 0.25) is 6.43 Å². The van der Waals surface area contributed by atoms with Crippen LogP contribution < -0.4 is 0 Å². The predicted octanol–water partition coefficient (Wildman–Crippen LogP) is 10.9. The summed E-state index contributed by atoms with van der Waals surface area (Å²) in [6.45, 7) is 14.6. The Hall–Kier alpha value is -2.47. The maximum Gasteiger partial charge on any atom is 0.243 e. The van der Waals surface area contributed by atoms with Crippen LogP contribution in [0, 0.1) is 17.9 Å². The minimum atomic E-state index is -2.34. The van der Waals surface area contributed by atoms with Gasteiger partial charge in [0.1, 0.15) is 0 Å². The Balaban J connectivity index is 0.000000348. The zero-order valence-corrected chi connectivity index (χ0v) is 29.5. The molecule has 0 saturated heterocycles. The van der Waals surface area contributed by atoms with Crippen molar-refractivity contribution in [3.63, 3.8) is 0 Å². The minimum absolute atomic E-state index is 0. The number of alkyl halides is 2. The van der Waals surface area contributed by atoms with Gasteiger partial charge in [-0.1, -0.05) is 77.6 Å². The predicted molar refractivity (Wildman–Crippen MR) is 174 cm³/mol. The number of carbonyl (C=O) groups is 1. The van der Waals surface area contributed by atoms with Crippen LogP contribution in [0.3, 0.4) is 0 Å². The Labute approximate surface area is 273 Å². The quantitative estimate of drug-likeness (QED) is 0.0990. The van der Waals surface area contributed by atoms with E-state index in [4.69, 9.17) is 0 Å². The smallest absolute Gasteiger partial charge is 0.243 e. The molecule has 7 heteroatoms. The molecule has 0 fully saturated rings. The molecular formula is C36H44F2IrNO2S-. The van der Waals surface area contributed by atoms with Gasteiger partial charge in [0.25, 0.3) is 0 Å². The van der Waals surface area contributed by atoms with Crippen molar-refractivity contribution in [3.8, 4) is 11.3 Å². The van der Waals surface area contributed by atoms with E-state index in [1.165, 1.54) is 28.4 Å². The molecule has 43 heavy (non-hydrogen) atoms. The summed E-state index contributed by atoms with van der Waals surface area (Å²) in [4.78, 5) is 17.0. The Morgan fingerprint density at radius 2 is 1.63 bits per heavy atom. The molecule has 0 amide bonds. The summed E-state index contributed by atoms with van der Waals surface area (Å²) in [5.41, 5.74) is 2.92. The average Bonchev–Trinajstić information content (AvgIpc) is 3.35. The molecule has 4 rings (SSSR count). The maximum absolute atomic E-state index is 12.8. The van der Waals surface area contributed by atoms with E-state index in [9.17, 15) is 18.7 Å². The normalized spacial score (nSPS) is 12.1. The van der Waals surface area contributed by atoms with Crippen LogP contribution in [0.1, 0.15) is 84.6 Å². The van der Waals surface area contributed by atoms with E-state index in [0.717, 1.165) is 52.4 Å². The summed E-state index contributed by atoms with van der Waals surface area (Å²) in [6.07, 6.45) is 4.10.